The molecule has 0 saturated carbocycles. The number of hydrogen-bond donors (Lipinski definition) is 0. The van der Waals surface area contributed by atoms with Crippen molar-refractivity contribution in [3.8, 4) is 0 Å². The molecular weight excluding hydrogens is 292 g/mol. The number of pyridine rings is 1. The predicted octanol–water partition coefficient (Wildman–Crippen LogP) is 2.46. The zero-order chi connectivity index (χ0) is 16.8. The molecule has 1 amide bonds. The quantitative estimate of drug-likeness (QED) is 0.736. The molecule has 0 aromatic carbocycles. The molecule has 6 heteroatoms. The minimum absolute atomic E-state index is 0.0692. The van der Waals surface area contributed by atoms with Crippen molar-refractivity contribution in [2.45, 2.75) is 33.4 Å². The van der Waals surface area contributed by atoms with E-state index in [0.717, 1.165) is 11.4 Å². The van der Waals surface area contributed by atoms with Gasteiger partial charge in [0.1, 0.15) is 5.69 Å². The standard InChI is InChI=1S/C17H24N4O2/c1-5-23-11-10-21-16(12-13(2)19-21)17(22)20(4)14(3)15-8-6-7-9-18-15/h6-9,12,14H,5,10-11H2,1-4H3. The molecule has 124 valence electrons. The average molecular weight is 316 g/mol. The van der Waals surface area contributed by atoms with Gasteiger partial charge in [0.05, 0.1) is 30.6 Å². The van der Waals surface area contributed by atoms with Gasteiger partial charge in [0.2, 0.25) is 0 Å². The van der Waals surface area contributed by atoms with E-state index in [-0.39, 0.29) is 11.9 Å². The fourth-order valence-electron chi connectivity index (χ4n) is 2.36. The molecule has 23 heavy (non-hydrogen) atoms. The van der Waals surface area contributed by atoms with E-state index in [1.54, 1.807) is 22.8 Å². The number of rotatable bonds is 7. The zero-order valence-corrected chi connectivity index (χ0v) is 14.2. The molecule has 0 aliphatic rings. The Balaban J connectivity index is 2.16. The Morgan fingerprint density at radius 3 is 2.87 bits per heavy atom. The minimum Gasteiger partial charge on any atom is -0.380 e. The summed E-state index contributed by atoms with van der Waals surface area (Å²) in [6.45, 7) is 7.55. The van der Waals surface area contributed by atoms with Crippen LogP contribution in [0.25, 0.3) is 0 Å². The van der Waals surface area contributed by atoms with Crippen molar-refractivity contribution in [3.63, 3.8) is 0 Å². The second-order valence-corrected chi connectivity index (χ2v) is 5.44. The summed E-state index contributed by atoms with van der Waals surface area (Å²) >= 11 is 0. The summed E-state index contributed by atoms with van der Waals surface area (Å²) in [6, 6.07) is 7.42. The molecular formula is C17H24N4O2. The molecule has 1 atom stereocenters. The fourth-order valence-corrected chi connectivity index (χ4v) is 2.36. The molecule has 2 rings (SSSR count). The molecule has 0 saturated heterocycles. The van der Waals surface area contributed by atoms with Crippen LogP contribution in [0.1, 0.15) is 41.8 Å². The maximum atomic E-state index is 12.8. The highest BCUT2D eigenvalue weighted by Crippen LogP contribution is 2.19. The van der Waals surface area contributed by atoms with Gasteiger partial charge in [-0.1, -0.05) is 6.07 Å². The summed E-state index contributed by atoms with van der Waals surface area (Å²) in [4.78, 5) is 18.8. The Morgan fingerprint density at radius 1 is 1.43 bits per heavy atom. The van der Waals surface area contributed by atoms with Crippen LogP contribution >= 0.6 is 0 Å². The molecule has 2 aromatic heterocycles. The van der Waals surface area contributed by atoms with Crippen molar-refractivity contribution in [2.24, 2.45) is 0 Å². The third-order valence-corrected chi connectivity index (χ3v) is 3.79. The number of ether oxygens (including phenoxy) is 1. The topological polar surface area (TPSA) is 60.3 Å². The van der Waals surface area contributed by atoms with E-state index in [1.807, 2.05) is 45.0 Å². The first-order valence-corrected chi connectivity index (χ1v) is 7.84. The van der Waals surface area contributed by atoms with E-state index in [1.165, 1.54) is 0 Å². The van der Waals surface area contributed by atoms with Crippen molar-refractivity contribution in [1.29, 1.82) is 0 Å². The van der Waals surface area contributed by atoms with Crippen LogP contribution in [-0.4, -0.2) is 45.8 Å². The summed E-state index contributed by atoms with van der Waals surface area (Å²) in [6.07, 6.45) is 1.74. The SMILES string of the molecule is CCOCCn1nc(C)cc1C(=O)N(C)C(C)c1ccccn1. The monoisotopic (exact) mass is 316 g/mol. The first-order chi connectivity index (χ1) is 11.0. The first kappa shape index (κ1) is 17.1. The third kappa shape index (κ3) is 4.16. The molecule has 0 N–H and O–H groups in total. The lowest BCUT2D eigenvalue weighted by molar-refractivity contribution is 0.0721. The molecule has 0 radical (unpaired) electrons. The summed E-state index contributed by atoms with van der Waals surface area (Å²) in [5, 5.41) is 4.39. The molecule has 1 unspecified atom stereocenters. The fraction of sp³-hybridized carbons (Fsp3) is 0.471. The Morgan fingerprint density at radius 2 is 2.22 bits per heavy atom. The van der Waals surface area contributed by atoms with Crippen LogP contribution in [0.3, 0.4) is 0 Å². The maximum absolute atomic E-state index is 12.8. The van der Waals surface area contributed by atoms with Gasteiger partial charge in [-0.15, -0.1) is 0 Å². The van der Waals surface area contributed by atoms with Gasteiger partial charge < -0.3 is 9.64 Å². The number of carbonyl (C=O) groups is 1. The van der Waals surface area contributed by atoms with Crippen LogP contribution < -0.4 is 0 Å². The Hall–Kier alpha value is -2.21. The van der Waals surface area contributed by atoms with Crippen LogP contribution in [0.15, 0.2) is 30.5 Å². The van der Waals surface area contributed by atoms with Gasteiger partial charge in [-0.2, -0.15) is 5.10 Å². The highest BCUT2D eigenvalue weighted by atomic mass is 16.5. The summed E-state index contributed by atoms with van der Waals surface area (Å²) in [5.74, 6) is -0.0692. The van der Waals surface area contributed by atoms with Crippen LogP contribution in [0, 0.1) is 6.92 Å². The van der Waals surface area contributed by atoms with Crippen LogP contribution in [0.2, 0.25) is 0 Å². The van der Waals surface area contributed by atoms with Crippen LogP contribution in [0.4, 0.5) is 0 Å². The predicted molar refractivity (Wildman–Crippen MR) is 88.2 cm³/mol. The second kappa shape index (κ2) is 7.87. The molecule has 0 bridgehead atoms. The van der Waals surface area contributed by atoms with Crippen molar-refractivity contribution < 1.29 is 9.53 Å². The van der Waals surface area contributed by atoms with Crippen molar-refractivity contribution in [1.82, 2.24) is 19.7 Å². The Labute approximate surface area is 137 Å². The van der Waals surface area contributed by atoms with E-state index < -0.39 is 0 Å². The molecule has 2 aromatic rings. The van der Waals surface area contributed by atoms with Crippen molar-refractivity contribution in [2.75, 3.05) is 20.3 Å². The van der Waals surface area contributed by atoms with E-state index in [0.29, 0.717) is 25.5 Å². The largest absolute Gasteiger partial charge is 0.380 e. The smallest absolute Gasteiger partial charge is 0.272 e. The number of hydrogen-bond acceptors (Lipinski definition) is 4. The third-order valence-electron chi connectivity index (χ3n) is 3.79. The van der Waals surface area contributed by atoms with Gasteiger partial charge in [0, 0.05) is 19.9 Å². The van der Waals surface area contributed by atoms with Gasteiger partial charge in [0.25, 0.3) is 5.91 Å². The second-order valence-electron chi connectivity index (χ2n) is 5.44. The number of aryl methyl sites for hydroxylation is 1. The molecule has 0 fully saturated rings. The molecule has 2 heterocycles. The molecule has 0 aliphatic heterocycles. The van der Waals surface area contributed by atoms with Gasteiger partial charge >= 0.3 is 0 Å². The number of carbonyl (C=O) groups excluding carboxylic acids is 1. The summed E-state index contributed by atoms with van der Waals surface area (Å²) in [7, 11) is 1.79. The van der Waals surface area contributed by atoms with Crippen molar-refractivity contribution >= 4 is 5.91 Å². The molecule has 0 aliphatic carbocycles. The number of nitrogens with zero attached hydrogens (tertiary/aromatic N) is 4. The van der Waals surface area contributed by atoms with Gasteiger partial charge in [-0.05, 0) is 39.0 Å². The minimum atomic E-state index is -0.112. The van der Waals surface area contributed by atoms with E-state index in [4.69, 9.17) is 4.74 Å². The molecule has 0 spiro atoms. The summed E-state index contributed by atoms with van der Waals surface area (Å²) < 4.78 is 7.08. The average Bonchev–Trinajstić information content (AvgIpc) is 2.94. The highest BCUT2D eigenvalue weighted by Gasteiger charge is 2.23. The summed E-state index contributed by atoms with van der Waals surface area (Å²) in [5.41, 5.74) is 2.26. The van der Waals surface area contributed by atoms with Gasteiger partial charge in [0.15, 0.2) is 0 Å². The first-order valence-electron chi connectivity index (χ1n) is 7.84. The Kier molecular flexibility index (Phi) is 5.87. The number of amides is 1. The van der Waals surface area contributed by atoms with Crippen LogP contribution in [0.5, 0.6) is 0 Å². The normalized spacial score (nSPS) is 12.2. The highest BCUT2D eigenvalue weighted by molar-refractivity contribution is 5.92. The van der Waals surface area contributed by atoms with Gasteiger partial charge in [-0.25, -0.2) is 0 Å². The van der Waals surface area contributed by atoms with Crippen LogP contribution in [-0.2, 0) is 11.3 Å². The van der Waals surface area contributed by atoms with Gasteiger partial charge in [-0.3, -0.25) is 14.5 Å². The lowest BCUT2D eigenvalue weighted by Crippen LogP contribution is -2.32. The van der Waals surface area contributed by atoms with Crippen molar-refractivity contribution in [3.05, 3.63) is 47.5 Å². The Bertz CT molecular complexity index is 639. The van der Waals surface area contributed by atoms with E-state index in [9.17, 15) is 4.79 Å². The van der Waals surface area contributed by atoms with E-state index in [2.05, 4.69) is 10.1 Å². The molecule has 6 nitrogen and oxygen atoms in total. The number of aromatic nitrogens is 3. The lowest BCUT2D eigenvalue weighted by Gasteiger charge is -2.24. The maximum Gasteiger partial charge on any atom is 0.272 e. The van der Waals surface area contributed by atoms with E-state index >= 15 is 0 Å². The zero-order valence-electron chi connectivity index (χ0n) is 14.2. The lowest BCUT2D eigenvalue weighted by atomic mass is 10.2.